The van der Waals surface area contributed by atoms with Gasteiger partial charge in [0.25, 0.3) is 11.5 Å². The van der Waals surface area contributed by atoms with Crippen LogP contribution in [-0.4, -0.2) is 29.4 Å². The molecule has 164 valence electrons. The Labute approximate surface area is 190 Å². The number of alkyl halides is 3. The number of halogens is 5. The molecule has 1 N–H and O–H groups in total. The number of nitrogens with one attached hydrogen (secondary N) is 1. The minimum atomic E-state index is -4.74. The smallest absolute Gasteiger partial charge is 0.372 e. The van der Waals surface area contributed by atoms with Crippen molar-refractivity contribution in [3.05, 3.63) is 67.8 Å². The summed E-state index contributed by atoms with van der Waals surface area (Å²) in [5.41, 5.74) is -1.99. The maximum Gasteiger partial charge on any atom is 0.435 e. The maximum atomic E-state index is 14.1. The zero-order valence-electron chi connectivity index (χ0n) is 15.9. The molecule has 0 radical (unpaired) electrons. The average Bonchev–Trinajstić information content (AvgIpc) is 3.37. The van der Waals surface area contributed by atoms with Crippen LogP contribution < -0.4 is 5.32 Å². The van der Waals surface area contributed by atoms with Gasteiger partial charge < -0.3 is 15.1 Å². The minimum absolute atomic E-state index is 0.0776. The lowest BCUT2D eigenvalue weighted by Crippen LogP contribution is -2.43. The highest BCUT2D eigenvalue weighted by atomic mass is 35.5. The molecule has 5 nitrogen and oxygen atoms in total. The summed E-state index contributed by atoms with van der Waals surface area (Å²) in [5, 5.41) is 6.65. The van der Waals surface area contributed by atoms with E-state index in [2.05, 4.69) is 17.1 Å². The molecule has 4 rings (SSSR count). The van der Waals surface area contributed by atoms with Crippen LogP contribution in [0.5, 0.6) is 0 Å². The molecule has 1 amide bonds. The number of oxime groups is 1. The molecule has 1 aromatic heterocycles. The van der Waals surface area contributed by atoms with Crippen molar-refractivity contribution in [1.82, 2.24) is 10.2 Å². The Bertz CT molecular complexity index is 1040. The van der Waals surface area contributed by atoms with Gasteiger partial charge in [0.15, 0.2) is 0 Å². The van der Waals surface area contributed by atoms with Crippen LogP contribution in [0.1, 0.15) is 32.1 Å². The zero-order chi connectivity index (χ0) is 22.4. The van der Waals surface area contributed by atoms with Gasteiger partial charge in [-0.25, -0.2) is 0 Å². The highest BCUT2D eigenvalue weighted by molar-refractivity contribution is 7.14. The molecule has 0 spiro atoms. The lowest BCUT2D eigenvalue weighted by Gasteiger charge is -2.30. The van der Waals surface area contributed by atoms with E-state index >= 15 is 0 Å². The van der Waals surface area contributed by atoms with Crippen molar-refractivity contribution in [3.63, 3.8) is 0 Å². The number of carbonyl (C=O) groups excluding carboxylic acids is 1. The van der Waals surface area contributed by atoms with E-state index in [-0.39, 0.29) is 27.4 Å². The molecule has 0 aliphatic carbocycles. The van der Waals surface area contributed by atoms with Crippen molar-refractivity contribution in [2.24, 2.45) is 5.16 Å². The van der Waals surface area contributed by atoms with Crippen molar-refractivity contribution in [3.8, 4) is 0 Å². The first kappa shape index (κ1) is 22.0. The number of hydrogen-bond acceptors (Lipinski definition) is 5. The van der Waals surface area contributed by atoms with Crippen molar-refractivity contribution in [2.45, 2.75) is 31.3 Å². The monoisotopic (exact) mass is 489 g/mol. The topological polar surface area (TPSA) is 53.9 Å². The van der Waals surface area contributed by atoms with Crippen LogP contribution in [0.25, 0.3) is 0 Å². The van der Waals surface area contributed by atoms with Crippen LogP contribution in [0.15, 0.2) is 42.1 Å². The summed E-state index contributed by atoms with van der Waals surface area (Å²) in [5.74, 6) is -0.0317. The fraction of sp³-hybridized carbons (Fsp3) is 0.300. The number of amides is 1. The lowest BCUT2D eigenvalue weighted by molar-refractivity contribution is -0.275. The fourth-order valence-electron chi connectivity index (χ4n) is 3.56. The Hall–Kier alpha value is -2.23. The first-order valence-corrected chi connectivity index (χ1v) is 10.7. The molecule has 2 aromatic rings. The van der Waals surface area contributed by atoms with Crippen LogP contribution in [0.2, 0.25) is 10.0 Å². The fourth-order valence-corrected chi connectivity index (χ4v) is 5.19. The highest BCUT2D eigenvalue weighted by Gasteiger charge is 2.63. The molecule has 1 atom stereocenters. The van der Waals surface area contributed by atoms with E-state index in [1.165, 1.54) is 29.5 Å². The van der Waals surface area contributed by atoms with Gasteiger partial charge in [0.2, 0.25) is 0 Å². The van der Waals surface area contributed by atoms with E-state index in [1.807, 2.05) is 0 Å². The predicted octanol–water partition coefficient (Wildman–Crippen LogP) is 5.48. The normalized spacial score (nSPS) is 20.3. The molecule has 1 aromatic carbocycles. The second kappa shape index (κ2) is 8.03. The van der Waals surface area contributed by atoms with Gasteiger partial charge in [-0.1, -0.05) is 34.4 Å². The molecule has 0 saturated carbocycles. The third kappa shape index (κ3) is 4.02. The van der Waals surface area contributed by atoms with Crippen LogP contribution in [0, 0.1) is 0 Å². The van der Waals surface area contributed by atoms with Gasteiger partial charge in [-0.15, -0.1) is 17.9 Å². The van der Waals surface area contributed by atoms with Crippen LogP contribution in [0.3, 0.4) is 0 Å². The SMILES string of the molecule is C=CCNC(=O)c1cc2c(s1)CN(C1=NOC(c3cc(Cl)cc(Cl)c3)(C(F)(F)F)C1)C2. The summed E-state index contributed by atoms with van der Waals surface area (Å²) in [7, 11) is 0. The zero-order valence-corrected chi connectivity index (χ0v) is 18.3. The molecule has 11 heteroatoms. The number of rotatable bonds is 4. The molecule has 31 heavy (non-hydrogen) atoms. The van der Waals surface area contributed by atoms with Gasteiger partial charge in [-0.2, -0.15) is 13.2 Å². The number of amidine groups is 1. The molecule has 2 aliphatic rings. The third-order valence-corrected chi connectivity index (χ3v) is 6.69. The summed E-state index contributed by atoms with van der Waals surface area (Å²) in [6.45, 7) is 4.60. The van der Waals surface area contributed by atoms with E-state index in [9.17, 15) is 18.0 Å². The Morgan fingerprint density at radius 2 is 2.00 bits per heavy atom. The Morgan fingerprint density at radius 3 is 2.61 bits per heavy atom. The first-order chi connectivity index (χ1) is 14.6. The highest BCUT2D eigenvalue weighted by Crippen LogP contribution is 2.50. The molecule has 1 unspecified atom stereocenters. The molecule has 0 fully saturated rings. The summed E-state index contributed by atoms with van der Waals surface area (Å²) < 4.78 is 42.4. The molecule has 0 bridgehead atoms. The molecular formula is C20H16Cl2F3N3O2S. The standard InChI is InChI=1S/C20H16Cl2F3N3O2S/c1-2-3-26-18(29)15-4-11-9-28(10-16(11)31-15)17-8-19(30-27-17,20(23,24)25)12-5-13(21)7-14(22)6-12/h2,4-7H,1,3,8-10H2,(H,26,29). The van der Waals surface area contributed by atoms with Gasteiger partial charge in [0.1, 0.15) is 5.84 Å². The Morgan fingerprint density at radius 1 is 1.29 bits per heavy atom. The molecule has 3 heterocycles. The van der Waals surface area contributed by atoms with Gasteiger partial charge in [-0.3, -0.25) is 4.79 Å². The minimum Gasteiger partial charge on any atom is -0.372 e. The van der Waals surface area contributed by atoms with Gasteiger partial charge >= 0.3 is 6.18 Å². The van der Waals surface area contributed by atoms with E-state index in [4.69, 9.17) is 28.0 Å². The quantitative estimate of drug-likeness (QED) is 0.578. The van der Waals surface area contributed by atoms with Crippen LogP contribution in [0.4, 0.5) is 13.2 Å². The summed E-state index contributed by atoms with van der Waals surface area (Å²) in [4.78, 5) is 20.3. The number of nitrogens with zero attached hydrogens (tertiary/aromatic N) is 2. The number of fused-ring (bicyclic) bond motifs is 1. The molecular weight excluding hydrogens is 474 g/mol. The molecule has 2 aliphatic heterocycles. The predicted molar refractivity (Wildman–Crippen MR) is 113 cm³/mol. The lowest BCUT2D eigenvalue weighted by atomic mass is 9.89. The Balaban J connectivity index is 1.53. The summed E-state index contributed by atoms with van der Waals surface area (Å²) >= 11 is 13.2. The first-order valence-electron chi connectivity index (χ1n) is 9.17. The van der Waals surface area contributed by atoms with Gasteiger partial charge in [-0.05, 0) is 29.8 Å². The largest absolute Gasteiger partial charge is 0.435 e. The van der Waals surface area contributed by atoms with Crippen LogP contribution >= 0.6 is 34.5 Å². The van der Waals surface area contributed by atoms with Gasteiger partial charge in [0, 0.05) is 33.6 Å². The van der Waals surface area contributed by atoms with Crippen molar-refractivity contribution >= 4 is 46.3 Å². The maximum absolute atomic E-state index is 14.1. The van der Waals surface area contributed by atoms with Gasteiger partial charge in [0.05, 0.1) is 17.8 Å². The van der Waals surface area contributed by atoms with Crippen LogP contribution in [-0.2, 0) is 23.5 Å². The van der Waals surface area contributed by atoms with E-state index < -0.39 is 18.2 Å². The number of benzene rings is 1. The van der Waals surface area contributed by atoms with Crippen molar-refractivity contribution in [1.29, 1.82) is 0 Å². The number of hydrogen-bond donors (Lipinski definition) is 1. The third-order valence-electron chi connectivity index (χ3n) is 5.09. The van der Waals surface area contributed by atoms with E-state index in [1.54, 1.807) is 17.0 Å². The second-order valence-electron chi connectivity index (χ2n) is 7.17. The second-order valence-corrected chi connectivity index (χ2v) is 9.18. The summed E-state index contributed by atoms with van der Waals surface area (Å²) in [6, 6.07) is 5.49. The average molecular weight is 490 g/mol. The number of thiophene rings is 1. The van der Waals surface area contributed by atoms with Crippen molar-refractivity contribution in [2.75, 3.05) is 6.54 Å². The summed E-state index contributed by atoms with van der Waals surface area (Å²) in [6.07, 6.45) is -3.67. The van der Waals surface area contributed by atoms with E-state index in [0.29, 0.717) is 24.5 Å². The Kier molecular flexibility index (Phi) is 5.70. The molecule has 0 saturated heterocycles. The number of carbonyl (C=O) groups is 1. The van der Waals surface area contributed by atoms with E-state index in [0.717, 1.165) is 10.4 Å². The van der Waals surface area contributed by atoms with Crippen molar-refractivity contribution < 1.29 is 22.8 Å².